The number of nitrogens with two attached hydrogens (primary N) is 1. The van der Waals surface area contributed by atoms with Crippen molar-refractivity contribution in [3.8, 4) is 0 Å². The molecule has 0 spiro atoms. The summed E-state index contributed by atoms with van der Waals surface area (Å²) in [7, 11) is 0. The third kappa shape index (κ3) is 1.94. The van der Waals surface area contributed by atoms with Gasteiger partial charge in [-0.3, -0.25) is 4.79 Å². The summed E-state index contributed by atoms with van der Waals surface area (Å²) in [5.41, 5.74) is 7.37. The molecule has 1 aromatic carbocycles. The van der Waals surface area contributed by atoms with E-state index in [0.29, 0.717) is 18.8 Å². The van der Waals surface area contributed by atoms with E-state index in [1.807, 2.05) is 24.3 Å². The standard InChI is InChI=1S/C11H14N2O2/c12-8-3-1-2-7(4-8)9-5-13-6-10(9)11(14)15/h1-4,9-10,13H,5-6,12H2,(H,14,15). The number of carboxylic acid groups (broad SMARTS) is 1. The first-order chi connectivity index (χ1) is 7.18. The molecule has 1 aliphatic rings. The third-order valence-electron chi connectivity index (χ3n) is 2.87. The smallest absolute Gasteiger partial charge is 0.308 e. The molecule has 0 saturated carbocycles. The van der Waals surface area contributed by atoms with Crippen molar-refractivity contribution in [3.05, 3.63) is 29.8 Å². The fourth-order valence-electron chi connectivity index (χ4n) is 2.08. The zero-order chi connectivity index (χ0) is 10.8. The topological polar surface area (TPSA) is 75.3 Å². The van der Waals surface area contributed by atoms with Crippen molar-refractivity contribution >= 4 is 11.7 Å². The number of carboxylic acids is 1. The van der Waals surface area contributed by atoms with E-state index in [0.717, 1.165) is 5.56 Å². The Morgan fingerprint density at radius 3 is 2.93 bits per heavy atom. The molecule has 1 fully saturated rings. The lowest BCUT2D eigenvalue weighted by molar-refractivity contribution is -0.141. The molecule has 2 rings (SSSR count). The van der Waals surface area contributed by atoms with Gasteiger partial charge in [0.05, 0.1) is 5.92 Å². The van der Waals surface area contributed by atoms with Crippen LogP contribution in [0.25, 0.3) is 0 Å². The van der Waals surface area contributed by atoms with Crippen LogP contribution in [0.2, 0.25) is 0 Å². The van der Waals surface area contributed by atoms with E-state index in [1.54, 1.807) is 0 Å². The van der Waals surface area contributed by atoms with Crippen LogP contribution in [0, 0.1) is 5.92 Å². The van der Waals surface area contributed by atoms with E-state index in [4.69, 9.17) is 10.8 Å². The van der Waals surface area contributed by atoms with E-state index < -0.39 is 5.97 Å². The Morgan fingerprint density at radius 1 is 1.47 bits per heavy atom. The molecule has 0 radical (unpaired) electrons. The van der Waals surface area contributed by atoms with Crippen LogP contribution in [0.5, 0.6) is 0 Å². The number of benzene rings is 1. The molecule has 2 atom stereocenters. The number of aliphatic carboxylic acids is 1. The minimum absolute atomic E-state index is 0.0333. The Labute approximate surface area is 88.1 Å². The van der Waals surface area contributed by atoms with Gasteiger partial charge in [0.15, 0.2) is 0 Å². The average molecular weight is 206 g/mol. The molecule has 0 amide bonds. The molecule has 4 heteroatoms. The molecule has 2 unspecified atom stereocenters. The number of carbonyl (C=O) groups is 1. The van der Waals surface area contributed by atoms with Gasteiger partial charge in [0.2, 0.25) is 0 Å². The first-order valence-electron chi connectivity index (χ1n) is 4.97. The minimum Gasteiger partial charge on any atom is -0.481 e. The molecule has 80 valence electrons. The predicted molar refractivity (Wildman–Crippen MR) is 57.6 cm³/mol. The highest BCUT2D eigenvalue weighted by Gasteiger charge is 2.33. The van der Waals surface area contributed by atoms with Crippen LogP contribution < -0.4 is 11.1 Å². The van der Waals surface area contributed by atoms with Gasteiger partial charge in [-0.15, -0.1) is 0 Å². The van der Waals surface area contributed by atoms with Crippen molar-refractivity contribution < 1.29 is 9.90 Å². The quantitative estimate of drug-likeness (QED) is 0.621. The number of anilines is 1. The molecule has 0 aromatic heterocycles. The molecular weight excluding hydrogens is 192 g/mol. The number of nitrogen functional groups attached to an aromatic ring is 1. The van der Waals surface area contributed by atoms with E-state index >= 15 is 0 Å². The number of rotatable bonds is 2. The van der Waals surface area contributed by atoms with Crippen LogP contribution in [0.3, 0.4) is 0 Å². The number of hydrogen-bond acceptors (Lipinski definition) is 3. The second kappa shape index (κ2) is 3.90. The molecule has 4 nitrogen and oxygen atoms in total. The summed E-state index contributed by atoms with van der Waals surface area (Å²) in [6.45, 7) is 1.25. The monoisotopic (exact) mass is 206 g/mol. The second-order valence-electron chi connectivity index (χ2n) is 3.88. The fraction of sp³-hybridized carbons (Fsp3) is 0.364. The zero-order valence-electron chi connectivity index (χ0n) is 8.31. The molecule has 0 bridgehead atoms. The third-order valence-corrected chi connectivity index (χ3v) is 2.87. The Hall–Kier alpha value is -1.55. The van der Waals surface area contributed by atoms with Gasteiger partial charge in [0, 0.05) is 24.7 Å². The molecule has 4 N–H and O–H groups in total. The van der Waals surface area contributed by atoms with Gasteiger partial charge in [-0.25, -0.2) is 0 Å². The van der Waals surface area contributed by atoms with Gasteiger partial charge in [0.25, 0.3) is 0 Å². The van der Waals surface area contributed by atoms with E-state index in [-0.39, 0.29) is 11.8 Å². The summed E-state index contributed by atoms with van der Waals surface area (Å²) in [5, 5.41) is 12.1. The van der Waals surface area contributed by atoms with Crippen molar-refractivity contribution in [1.29, 1.82) is 0 Å². The summed E-state index contributed by atoms with van der Waals surface area (Å²) in [5.74, 6) is -1.05. The van der Waals surface area contributed by atoms with E-state index in [1.165, 1.54) is 0 Å². The summed E-state index contributed by atoms with van der Waals surface area (Å²) in [4.78, 5) is 11.0. The summed E-state index contributed by atoms with van der Waals surface area (Å²) in [6.07, 6.45) is 0. The van der Waals surface area contributed by atoms with E-state index in [2.05, 4.69) is 5.32 Å². The van der Waals surface area contributed by atoms with Crippen LogP contribution in [0.1, 0.15) is 11.5 Å². The van der Waals surface area contributed by atoms with Crippen molar-refractivity contribution in [2.45, 2.75) is 5.92 Å². The molecule has 0 aliphatic carbocycles. The highest BCUT2D eigenvalue weighted by molar-refractivity contribution is 5.72. The molecular formula is C11H14N2O2. The van der Waals surface area contributed by atoms with Gasteiger partial charge < -0.3 is 16.2 Å². The van der Waals surface area contributed by atoms with Gasteiger partial charge in [-0.1, -0.05) is 12.1 Å². The summed E-state index contributed by atoms with van der Waals surface area (Å²) < 4.78 is 0. The Bertz CT molecular complexity index is 379. The van der Waals surface area contributed by atoms with Crippen LogP contribution in [-0.4, -0.2) is 24.2 Å². The SMILES string of the molecule is Nc1cccc(C2CNCC2C(=O)O)c1. The van der Waals surface area contributed by atoms with E-state index in [9.17, 15) is 4.79 Å². The number of nitrogens with one attached hydrogen (secondary N) is 1. The maximum Gasteiger partial charge on any atom is 0.308 e. The summed E-state index contributed by atoms with van der Waals surface area (Å²) in [6, 6.07) is 7.46. The van der Waals surface area contributed by atoms with Gasteiger partial charge in [-0.05, 0) is 17.7 Å². The van der Waals surface area contributed by atoms with Gasteiger partial charge in [0.1, 0.15) is 0 Å². The predicted octanol–water partition coefficient (Wildman–Crippen LogP) is 0.656. The molecule has 1 aromatic rings. The van der Waals surface area contributed by atoms with Crippen molar-refractivity contribution in [2.75, 3.05) is 18.8 Å². The van der Waals surface area contributed by atoms with Gasteiger partial charge >= 0.3 is 5.97 Å². The number of hydrogen-bond donors (Lipinski definition) is 3. The van der Waals surface area contributed by atoms with Crippen molar-refractivity contribution in [1.82, 2.24) is 5.32 Å². The van der Waals surface area contributed by atoms with Gasteiger partial charge in [-0.2, -0.15) is 0 Å². The average Bonchev–Trinajstić information content (AvgIpc) is 2.65. The Morgan fingerprint density at radius 2 is 2.27 bits per heavy atom. The highest BCUT2D eigenvalue weighted by Crippen LogP contribution is 2.29. The second-order valence-corrected chi connectivity index (χ2v) is 3.88. The zero-order valence-corrected chi connectivity index (χ0v) is 8.31. The minimum atomic E-state index is -0.743. The molecule has 1 aliphatic heterocycles. The van der Waals surface area contributed by atoms with Crippen molar-refractivity contribution in [2.24, 2.45) is 5.92 Å². The van der Waals surface area contributed by atoms with Crippen LogP contribution in [0.4, 0.5) is 5.69 Å². The molecule has 15 heavy (non-hydrogen) atoms. The molecule has 1 saturated heterocycles. The Balaban J connectivity index is 2.26. The van der Waals surface area contributed by atoms with Crippen molar-refractivity contribution in [3.63, 3.8) is 0 Å². The largest absolute Gasteiger partial charge is 0.481 e. The van der Waals surface area contributed by atoms with Crippen LogP contribution in [0.15, 0.2) is 24.3 Å². The first-order valence-corrected chi connectivity index (χ1v) is 4.97. The maximum atomic E-state index is 11.0. The fourth-order valence-corrected chi connectivity index (χ4v) is 2.08. The van der Waals surface area contributed by atoms with Crippen LogP contribution in [-0.2, 0) is 4.79 Å². The summed E-state index contributed by atoms with van der Waals surface area (Å²) >= 11 is 0. The lowest BCUT2D eigenvalue weighted by Gasteiger charge is -2.15. The highest BCUT2D eigenvalue weighted by atomic mass is 16.4. The Kier molecular flexibility index (Phi) is 2.60. The normalized spacial score (nSPS) is 25.3. The van der Waals surface area contributed by atoms with Crippen LogP contribution >= 0.6 is 0 Å². The lowest BCUT2D eigenvalue weighted by Crippen LogP contribution is -2.21. The molecule has 1 heterocycles. The first kappa shape index (κ1) is 9.98. The lowest BCUT2D eigenvalue weighted by atomic mass is 9.89. The maximum absolute atomic E-state index is 11.0.